The number of anilines is 2. The van der Waals surface area contributed by atoms with Gasteiger partial charge >= 0.3 is 0 Å². The van der Waals surface area contributed by atoms with E-state index < -0.39 is 4.92 Å². The predicted octanol–water partition coefficient (Wildman–Crippen LogP) is 2.55. The van der Waals surface area contributed by atoms with Crippen molar-refractivity contribution in [2.24, 2.45) is 5.92 Å². The quantitative estimate of drug-likeness (QED) is 0.482. The number of nitro groups is 1. The number of hydrogen-bond donors (Lipinski definition) is 1. The smallest absolute Gasteiger partial charge is 0.292 e. The molecule has 0 bridgehead atoms. The lowest BCUT2D eigenvalue weighted by molar-refractivity contribution is -0.383. The molecule has 2 N–H and O–H groups in total. The second-order valence-electron chi connectivity index (χ2n) is 4.75. The Kier molecular flexibility index (Phi) is 5.12. The minimum atomic E-state index is -0.499. The van der Waals surface area contributed by atoms with E-state index in [4.69, 9.17) is 11.0 Å². The summed E-state index contributed by atoms with van der Waals surface area (Å²) in [5.74, 6) is 0.426. The van der Waals surface area contributed by atoms with Gasteiger partial charge in [0.25, 0.3) is 5.69 Å². The lowest BCUT2D eigenvalue weighted by Crippen LogP contribution is -2.28. The Labute approximate surface area is 112 Å². The van der Waals surface area contributed by atoms with Crippen LogP contribution in [-0.4, -0.2) is 18.0 Å². The van der Waals surface area contributed by atoms with E-state index in [2.05, 4.69) is 19.9 Å². The molecular formula is C13H18N4O2. The van der Waals surface area contributed by atoms with Crippen LogP contribution in [0.4, 0.5) is 17.1 Å². The van der Waals surface area contributed by atoms with Crippen molar-refractivity contribution in [3.05, 3.63) is 28.3 Å². The molecule has 0 heterocycles. The van der Waals surface area contributed by atoms with E-state index in [-0.39, 0.29) is 11.4 Å². The van der Waals surface area contributed by atoms with Crippen LogP contribution < -0.4 is 10.6 Å². The van der Waals surface area contributed by atoms with E-state index in [1.54, 1.807) is 12.1 Å². The van der Waals surface area contributed by atoms with Gasteiger partial charge in [0.15, 0.2) is 0 Å². The molecule has 0 saturated carbocycles. The lowest BCUT2D eigenvalue weighted by atomic mass is 10.1. The maximum absolute atomic E-state index is 10.7. The van der Waals surface area contributed by atoms with E-state index in [9.17, 15) is 10.1 Å². The summed E-state index contributed by atoms with van der Waals surface area (Å²) in [6.07, 6.45) is 0.406. The SMILES string of the molecule is CC(C)CN(CCC#N)c1ccc([N+](=O)[O-])c(N)c1. The van der Waals surface area contributed by atoms with E-state index in [0.29, 0.717) is 18.9 Å². The highest BCUT2D eigenvalue weighted by molar-refractivity contribution is 5.66. The van der Waals surface area contributed by atoms with Crippen LogP contribution in [0.2, 0.25) is 0 Å². The molecule has 102 valence electrons. The average molecular weight is 262 g/mol. The first-order valence-electron chi connectivity index (χ1n) is 6.11. The molecular weight excluding hydrogens is 244 g/mol. The monoisotopic (exact) mass is 262 g/mol. The first kappa shape index (κ1) is 14.8. The Bertz CT molecular complexity index is 494. The number of hydrogen-bond acceptors (Lipinski definition) is 5. The number of nitriles is 1. The number of nitro benzene ring substituents is 1. The lowest BCUT2D eigenvalue weighted by Gasteiger charge is -2.26. The van der Waals surface area contributed by atoms with Crippen LogP contribution in [-0.2, 0) is 0 Å². The molecule has 0 amide bonds. The van der Waals surface area contributed by atoms with Crippen molar-refractivity contribution in [3.8, 4) is 6.07 Å². The summed E-state index contributed by atoms with van der Waals surface area (Å²) in [4.78, 5) is 12.2. The van der Waals surface area contributed by atoms with Gasteiger partial charge in [0.1, 0.15) is 5.69 Å². The first-order chi connectivity index (χ1) is 8.95. The molecule has 0 saturated heterocycles. The van der Waals surface area contributed by atoms with Gasteiger partial charge in [0.05, 0.1) is 17.4 Å². The molecule has 0 aliphatic carbocycles. The van der Waals surface area contributed by atoms with E-state index in [0.717, 1.165) is 12.2 Å². The van der Waals surface area contributed by atoms with Crippen molar-refractivity contribution in [2.75, 3.05) is 23.7 Å². The zero-order valence-corrected chi connectivity index (χ0v) is 11.2. The van der Waals surface area contributed by atoms with E-state index >= 15 is 0 Å². The largest absolute Gasteiger partial charge is 0.393 e. The Morgan fingerprint density at radius 2 is 2.21 bits per heavy atom. The van der Waals surface area contributed by atoms with Crippen molar-refractivity contribution >= 4 is 17.1 Å². The number of nitrogens with two attached hydrogens (primary N) is 1. The molecule has 6 heteroatoms. The van der Waals surface area contributed by atoms with Gasteiger partial charge in [0.2, 0.25) is 0 Å². The number of nitrogens with zero attached hydrogens (tertiary/aromatic N) is 3. The molecule has 6 nitrogen and oxygen atoms in total. The van der Waals surface area contributed by atoms with Crippen molar-refractivity contribution in [3.63, 3.8) is 0 Å². The van der Waals surface area contributed by atoms with Crippen LogP contribution in [0.5, 0.6) is 0 Å². The van der Waals surface area contributed by atoms with Crippen LogP contribution in [0.25, 0.3) is 0 Å². The zero-order valence-electron chi connectivity index (χ0n) is 11.2. The van der Waals surface area contributed by atoms with Crippen molar-refractivity contribution in [1.29, 1.82) is 5.26 Å². The Hall–Kier alpha value is -2.29. The summed E-state index contributed by atoms with van der Waals surface area (Å²) in [5, 5.41) is 19.4. The summed E-state index contributed by atoms with van der Waals surface area (Å²) >= 11 is 0. The number of nitrogen functional groups attached to an aromatic ring is 1. The second-order valence-corrected chi connectivity index (χ2v) is 4.75. The van der Waals surface area contributed by atoms with Gasteiger partial charge in [-0.25, -0.2) is 0 Å². The second kappa shape index (κ2) is 6.59. The molecule has 0 unspecified atom stereocenters. The van der Waals surface area contributed by atoms with Gasteiger partial charge in [-0.05, 0) is 18.1 Å². The standard InChI is InChI=1S/C13H18N4O2/c1-10(2)9-16(7-3-6-14)11-4-5-13(17(18)19)12(15)8-11/h4-5,8,10H,3,7,9,15H2,1-2H3. The Balaban J connectivity index is 2.99. The highest BCUT2D eigenvalue weighted by Gasteiger charge is 2.15. The van der Waals surface area contributed by atoms with Gasteiger partial charge in [-0.15, -0.1) is 0 Å². The minimum Gasteiger partial charge on any atom is -0.393 e. The molecule has 19 heavy (non-hydrogen) atoms. The average Bonchev–Trinajstić information content (AvgIpc) is 2.33. The highest BCUT2D eigenvalue weighted by Crippen LogP contribution is 2.27. The van der Waals surface area contributed by atoms with Crippen LogP contribution >= 0.6 is 0 Å². The predicted molar refractivity (Wildman–Crippen MR) is 74.8 cm³/mol. The fraction of sp³-hybridized carbons (Fsp3) is 0.462. The summed E-state index contributed by atoms with van der Waals surface area (Å²) in [6.45, 7) is 5.52. The van der Waals surface area contributed by atoms with E-state index in [1.165, 1.54) is 6.07 Å². The molecule has 1 aromatic rings. The molecule has 0 aliphatic heterocycles. The topological polar surface area (TPSA) is 96.2 Å². The molecule has 0 atom stereocenters. The summed E-state index contributed by atoms with van der Waals surface area (Å²) in [7, 11) is 0. The maximum Gasteiger partial charge on any atom is 0.292 e. The third kappa shape index (κ3) is 4.14. The van der Waals surface area contributed by atoms with Gasteiger partial charge < -0.3 is 10.6 Å². The Morgan fingerprint density at radius 3 is 2.68 bits per heavy atom. The third-order valence-electron chi connectivity index (χ3n) is 2.65. The molecule has 1 aromatic carbocycles. The molecule has 0 fully saturated rings. The third-order valence-corrected chi connectivity index (χ3v) is 2.65. The first-order valence-corrected chi connectivity index (χ1v) is 6.11. The van der Waals surface area contributed by atoms with Crippen molar-refractivity contribution < 1.29 is 4.92 Å². The normalized spacial score (nSPS) is 10.2. The van der Waals surface area contributed by atoms with Crippen LogP contribution in [0.15, 0.2) is 18.2 Å². The van der Waals surface area contributed by atoms with Crippen LogP contribution in [0.3, 0.4) is 0 Å². The van der Waals surface area contributed by atoms with Crippen molar-refractivity contribution in [2.45, 2.75) is 20.3 Å². The molecule has 0 aliphatic rings. The molecule has 0 aromatic heterocycles. The van der Waals surface area contributed by atoms with Crippen LogP contribution in [0, 0.1) is 27.4 Å². The maximum atomic E-state index is 10.7. The minimum absolute atomic E-state index is 0.0893. The highest BCUT2D eigenvalue weighted by atomic mass is 16.6. The number of benzene rings is 1. The summed E-state index contributed by atoms with van der Waals surface area (Å²) < 4.78 is 0. The summed E-state index contributed by atoms with van der Waals surface area (Å²) in [5.41, 5.74) is 6.56. The zero-order chi connectivity index (χ0) is 14.4. The fourth-order valence-corrected chi connectivity index (χ4v) is 1.86. The van der Waals surface area contributed by atoms with Gasteiger partial charge in [0, 0.05) is 24.8 Å². The van der Waals surface area contributed by atoms with E-state index in [1.807, 2.05) is 4.90 Å². The molecule has 1 rings (SSSR count). The Morgan fingerprint density at radius 1 is 1.53 bits per heavy atom. The van der Waals surface area contributed by atoms with Gasteiger partial charge in [-0.2, -0.15) is 5.26 Å². The van der Waals surface area contributed by atoms with Crippen LogP contribution in [0.1, 0.15) is 20.3 Å². The van der Waals surface area contributed by atoms with Gasteiger partial charge in [-0.1, -0.05) is 13.8 Å². The molecule has 0 radical (unpaired) electrons. The van der Waals surface area contributed by atoms with Crippen molar-refractivity contribution in [1.82, 2.24) is 0 Å². The number of rotatable bonds is 6. The van der Waals surface area contributed by atoms with Gasteiger partial charge in [-0.3, -0.25) is 10.1 Å². The summed E-state index contributed by atoms with van der Waals surface area (Å²) in [6, 6.07) is 6.78. The molecule has 0 spiro atoms. The fourth-order valence-electron chi connectivity index (χ4n) is 1.86.